The Labute approximate surface area is 139 Å². The summed E-state index contributed by atoms with van der Waals surface area (Å²) in [4.78, 5) is 12.4. The molecule has 0 radical (unpaired) electrons. The Hall–Kier alpha value is -2.81. The third kappa shape index (κ3) is 2.08. The van der Waals surface area contributed by atoms with Gasteiger partial charge in [0.05, 0.1) is 5.39 Å². The molecule has 120 valence electrons. The molecule has 0 spiro atoms. The van der Waals surface area contributed by atoms with Crippen LogP contribution in [0.1, 0.15) is 26.3 Å². The van der Waals surface area contributed by atoms with E-state index in [1.807, 2.05) is 42.5 Å². The van der Waals surface area contributed by atoms with Gasteiger partial charge in [-0.1, -0.05) is 51.1 Å². The van der Waals surface area contributed by atoms with E-state index in [0.717, 1.165) is 21.7 Å². The van der Waals surface area contributed by atoms with Crippen LogP contribution in [-0.4, -0.2) is 5.11 Å². The van der Waals surface area contributed by atoms with Crippen LogP contribution in [0.2, 0.25) is 0 Å². The molecule has 0 saturated carbocycles. The fraction of sp³-hybridized carbons (Fsp3) is 0.190. The molecule has 0 amide bonds. The molecule has 1 heterocycles. The van der Waals surface area contributed by atoms with Crippen molar-refractivity contribution in [2.45, 2.75) is 26.2 Å². The standard InChI is InChI=1S/C21H18O3/c1-21(2,3)13-8-9-17-15(11-13)18-16(20(23)24-17)10-12-6-4-5-7-14(12)19(18)22/h4-11,22H,1-3H3. The van der Waals surface area contributed by atoms with Crippen molar-refractivity contribution in [3.05, 3.63) is 64.5 Å². The summed E-state index contributed by atoms with van der Waals surface area (Å²) in [6.07, 6.45) is 0. The van der Waals surface area contributed by atoms with Gasteiger partial charge in [-0.2, -0.15) is 0 Å². The number of phenolic OH excluding ortho intramolecular Hbond substituents is 1. The van der Waals surface area contributed by atoms with E-state index in [0.29, 0.717) is 16.4 Å². The minimum Gasteiger partial charge on any atom is -0.507 e. The Morgan fingerprint density at radius 1 is 0.917 bits per heavy atom. The van der Waals surface area contributed by atoms with Crippen LogP contribution in [0.3, 0.4) is 0 Å². The third-order valence-corrected chi connectivity index (χ3v) is 4.56. The summed E-state index contributed by atoms with van der Waals surface area (Å²) >= 11 is 0. The average molecular weight is 318 g/mol. The molecule has 0 aliphatic carbocycles. The molecule has 3 nitrogen and oxygen atoms in total. The molecule has 0 fully saturated rings. The molecule has 24 heavy (non-hydrogen) atoms. The molecule has 4 aromatic rings. The maximum atomic E-state index is 12.4. The Bertz CT molecular complexity index is 1160. The number of aromatic hydroxyl groups is 1. The highest BCUT2D eigenvalue weighted by molar-refractivity contribution is 6.15. The van der Waals surface area contributed by atoms with Crippen LogP contribution in [0, 0.1) is 0 Å². The molecule has 1 N–H and O–H groups in total. The first-order valence-corrected chi connectivity index (χ1v) is 7.98. The summed E-state index contributed by atoms with van der Waals surface area (Å²) in [5.41, 5.74) is 1.15. The first kappa shape index (κ1) is 14.8. The lowest BCUT2D eigenvalue weighted by Gasteiger charge is -2.19. The number of hydrogen-bond acceptors (Lipinski definition) is 3. The van der Waals surface area contributed by atoms with Crippen LogP contribution in [-0.2, 0) is 5.41 Å². The number of phenols is 1. The van der Waals surface area contributed by atoms with Crippen molar-refractivity contribution in [1.82, 2.24) is 0 Å². The van der Waals surface area contributed by atoms with Crippen molar-refractivity contribution in [3.63, 3.8) is 0 Å². The van der Waals surface area contributed by atoms with E-state index in [1.165, 1.54) is 0 Å². The Morgan fingerprint density at radius 3 is 2.42 bits per heavy atom. The van der Waals surface area contributed by atoms with Gasteiger partial charge in [0.15, 0.2) is 0 Å². The third-order valence-electron chi connectivity index (χ3n) is 4.56. The maximum Gasteiger partial charge on any atom is 0.344 e. The van der Waals surface area contributed by atoms with E-state index in [9.17, 15) is 9.90 Å². The zero-order chi connectivity index (χ0) is 17.1. The molecule has 0 aliphatic rings. The van der Waals surface area contributed by atoms with Crippen molar-refractivity contribution in [3.8, 4) is 5.75 Å². The van der Waals surface area contributed by atoms with Gasteiger partial charge in [-0.15, -0.1) is 0 Å². The normalized spacial score (nSPS) is 12.3. The second-order valence-electron chi connectivity index (χ2n) is 7.22. The van der Waals surface area contributed by atoms with Gasteiger partial charge in [0.2, 0.25) is 0 Å². The average Bonchev–Trinajstić information content (AvgIpc) is 2.54. The van der Waals surface area contributed by atoms with Crippen molar-refractivity contribution in [2.75, 3.05) is 0 Å². The number of benzene rings is 3. The molecular weight excluding hydrogens is 300 g/mol. The second kappa shape index (κ2) is 4.84. The summed E-state index contributed by atoms with van der Waals surface area (Å²) in [6, 6.07) is 15.1. The van der Waals surface area contributed by atoms with Gasteiger partial charge in [0.1, 0.15) is 11.3 Å². The van der Waals surface area contributed by atoms with Gasteiger partial charge in [0, 0.05) is 16.2 Å². The molecule has 0 atom stereocenters. The first-order chi connectivity index (χ1) is 11.4. The lowest BCUT2D eigenvalue weighted by Crippen LogP contribution is -2.11. The molecule has 0 unspecified atom stereocenters. The van der Waals surface area contributed by atoms with E-state index in [-0.39, 0.29) is 11.2 Å². The molecule has 3 aromatic carbocycles. The fourth-order valence-corrected chi connectivity index (χ4v) is 3.20. The molecule has 0 bridgehead atoms. The quantitative estimate of drug-likeness (QED) is 0.279. The van der Waals surface area contributed by atoms with E-state index in [4.69, 9.17) is 4.42 Å². The van der Waals surface area contributed by atoms with Crippen LogP contribution in [0.25, 0.3) is 32.5 Å². The Balaban J connectivity index is 2.27. The topological polar surface area (TPSA) is 50.4 Å². The smallest absolute Gasteiger partial charge is 0.344 e. The summed E-state index contributed by atoms with van der Waals surface area (Å²) in [5, 5.41) is 14.1. The molecule has 4 rings (SSSR count). The lowest BCUT2D eigenvalue weighted by atomic mass is 9.86. The monoisotopic (exact) mass is 318 g/mol. The van der Waals surface area contributed by atoms with Gasteiger partial charge < -0.3 is 9.52 Å². The first-order valence-electron chi connectivity index (χ1n) is 7.98. The van der Waals surface area contributed by atoms with Crippen molar-refractivity contribution in [1.29, 1.82) is 0 Å². The summed E-state index contributed by atoms with van der Waals surface area (Å²) in [6.45, 7) is 6.39. The zero-order valence-electron chi connectivity index (χ0n) is 13.9. The molecular formula is C21H18O3. The molecule has 0 aliphatic heterocycles. The minimum absolute atomic E-state index is 0.0386. The summed E-state index contributed by atoms with van der Waals surface area (Å²) in [7, 11) is 0. The number of fused-ring (bicyclic) bond motifs is 4. The summed E-state index contributed by atoms with van der Waals surface area (Å²) in [5.74, 6) is 0.132. The van der Waals surface area contributed by atoms with E-state index in [2.05, 4.69) is 20.8 Å². The maximum absolute atomic E-state index is 12.4. The van der Waals surface area contributed by atoms with Gasteiger partial charge in [-0.3, -0.25) is 0 Å². The molecule has 0 saturated heterocycles. The lowest BCUT2D eigenvalue weighted by molar-refractivity contribution is 0.487. The predicted molar refractivity (Wildman–Crippen MR) is 97.9 cm³/mol. The van der Waals surface area contributed by atoms with E-state index in [1.54, 1.807) is 6.07 Å². The van der Waals surface area contributed by atoms with Crippen molar-refractivity contribution >= 4 is 32.5 Å². The van der Waals surface area contributed by atoms with Gasteiger partial charge in [-0.25, -0.2) is 4.79 Å². The highest BCUT2D eigenvalue weighted by Crippen LogP contribution is 2.38. The van der Waals surface area contributed by atoms with E-state index >= 15 is 0 Å². The van der Waals surface area contributed by atoms with Crippen LogP contribution in [0.5, 0.6) is 5.75 Å². The van der Waals surface area contributed by atoms with Crippen molar-refractivity contribution < 1.29 is 9.52 Å². The molecule has 1 aromatic heterocycles. The van der Waals surface area contributed by atoms with Gasteiger partial charge >= 0.3 is 5.63 Å². The summed E-state index contributed by atoms with van der Waals surface area (Å²) < 4.78 is 5.48. The Morgan fingerprint density at radius 2 is 1.67 bits per heavy atom. The van der Waals surface area contributed by atoms with Crippen LogP contribution < -0.4 is 5.63 Å². The molecule has 3 heteroatoms. The second-order valence-corrected chi connectivity index (χ2v) is 7.22. The van der Waals surface area contributed by atoms with Crippen molar-refractivity contribution in [2.24, 2.45) is 0 Å². The van der Waals surface area contributed by atoms with Crippen LogP contribution in [0.4, 0.5) is 0 Å². The minimum atomic E-state index is -0.429. The fourth-order valence-electron chi connectivity index (χ4n) is 3.20. The van der Waals surface area contributed by atoms with E-state index < -0.39 is 5.63 Å². The predicted octanol–water partition coefficient (Wildman–Crippen LogP) is 5.10. The largest absolute Gasteiger partial charge is 0.507 e. The van der Waals surface area contributed by atoms with Crippen LogP contribution in [0.15, 0.2) is 57.7 Å². The highest BCUT2D eigenvalue weighted by atomic mass is 16.4. The van der Waals surface area contributed by atoms with Crippen LogP contribution >= 0.6 is 0 Å². The Kier molecular flexibility index (Phi) is 2.98. The van der Waals surface area contributed by atoms with Gasteiger partial charge in [0.25, 0.3) is 0 Å². The highest BCUT2D eigenvalue weighted by Gasteiger charge is 2.18. The van der Waals surface area contributed by atoms with Gasteiger partial charge in [-0.05, 0) is 34.6 Å². The zero-order valence-corrected chi connectivity index (χ0v) is 13.9. The SMILES string of the molecule is CC(C)(C)c1ccc2oc(=O)c3cc4ccccc4c(O)c3c2c1. The number of hydrogen-bond donors (Lipinski definition) is 1. The number of rotatable bonds is 0.